The van der Waals surface area contributed by atoms with Crippen LogP contribution in [0.3, 0.4) is 0 Å². The van der Waals surface area contributed by atoms with Crippen LogP contribution in [0.1, 0.15) is 113 Å². The predicted octanol–water partition coefficient (Wildman–Crippen LogP) is 14.6. The van der Waals surface area contributed by atoms with Crippen molar-refractivity contribution >= 4 is 77.0 Å². The number of hydrogen-bond donors (Lipinski definition) is 3. The Morgan fingerprint density at radius 3 is 0.812 bits per heavy atom. The Kier molecular flexibility index (Phi) is 23.3. The largest absolute Gasteiger partial charge is 0.462 e. The molecule has 0 atom stereocenters. The third-order valence-corrected chi connectivity index (χ3v) is 29.6. The zero-order chi connectivity index (χ0) is 50.1. The van der Waals surface area contributed by atoms with Crippen molar-refractivity contribution in [3.8, 4) is 0 Å². The van der Waals surface area contributed by atoms with E-state index in [0.717, 1.165) is 0 Å². The summed E-state index contributed by atoms with van der Waals surface area (Å²) in [6.07, 6.45) is 8.60. The molecule has 3 N–H and O–H groups in total. The number of benzene rings is 3. The lowest BCUT2D eigenvalue weighted by Crippen LogP contribution is -2.28. The van der Waals surface area contributed by atoms with Crippen molar-refractivity contribution in [3.05, 3.63) is 125 Å². The van der Waals surface area contributed by atoms with Crippen molar-refractivity contribution in [1.29, 1.82) is 0 Å². The fourth-order valence-electron chi connectivity index (χ4n) is 8.22. The first-order valence-corrected chi connectivity index (χ1v) is 33.4. The molecule has 12 nitrogen and oxygen atoms in total. The Balaban J connectivity index is 1.45. The van der Waals surface area contributed by atoms with E-state index in [9.17, 15) is 14.4 Å². The monoisotopic (exact) mass is 991 g/mol. The molecular weight excluding hydrogens is 913 g/mol. The molecule has 69 heavy (non-hydrogen) atoms. The van der Waals surface area contributed by atoms with Gasteiger partial charge in [0, 0.05) is 17.1 Å². The minimum Gasteiger partial charge on any atom is -0.462 e. The highest BCUT2D eigenvalue weighted by Crippen LogP contribution is 2.26. The van der Waals surface area contributed by atoms with E-state index in [1.807, 2.05) is 0 Å². The lowest BCUT2D eigenvalue weighted by atomic mass is 10.2. The number of anilines is 6. The Labute approximate surface area is 415 Å². The molecule has 0 saturated heterocycles. The highest BCUT2D eigenvalue weighted by atomic mass is 28.3. The maximum atomic E-state index is 12.9. The summed E-state index contributed by atoms with van der Waals surface area (Å²) in [5.74, 6) is -0.491. The second-order valence-electron chi connectivity index (χ2n) is 17.7. The van der Waals surface area contributed by atoms with Gasteiger partial charge in [-0.2, -0.15) is 15.0 Å². The first kappa shape index (κ1) is 55.9. The van der Waals surface area contributed by atoms with Crippen LogP contribution >= 0.6 is 0 Å². The van der Waals surface area contributed by atoms with Gasteiger partial charge >= 0.3 is 17.9 Å². The van der Waals surface area contributed by atoms with Crippen LogP contribution in [0.15, 0.2) is 108 Å². The van der Waals surface area contributed by atoms with E-state index in [2.05, 4.69) is 129 Å². The smallest absolute Gasteiger partial charge is 0.338 e. The molecule has 0 spiro atoms. The second-order valence-corrected chi connectivity index (χ2v) is 33.2. The number of carbonyl (C=O) groups is 3. The van der Waals surface area contributed by atoms with Crippen LogP contribution in [0.5, 0.6) is 0 Å². The molecule has 372 valence electrons. The van der Waals surface area contributed by atoms with E-state index in [0.29, 0.717) is 72.8 Å². The molecule has 0 unspecified atom stereocenters. The zero-order valence-corrected chi connectivity index (χ0v) is 45.8. The molecule has 0 aliphatic heterocycles. The van der Waals surface area contributed by atoms with Gasteiger partial charge in [0.1, 0.15) is 0 Å². The van der Waals surface area contributed by atoms with Crippen molar-refractivity contribution in [3.63, 3.8) is 0 Å². The fourth-order valence-corrected chi connectivity index (χ4v) is 16.8. The SMILES string of the molecule is CC[Si](C=CCCOC(=O)c1ccc(Nc2nc(Nc3ccc(C(=O)OCCC=C[Si](CC)(CC)CC)cc3)nc(Nc3ccc(C(=O)OCCC=C[Si](CC)(CC)CC)cc3)n2)cc1)(CC)CC. The Morgan fingerprint density at radius 2 is 0.609 bits per heavy atom. The number of hydrogen-bond acceptors (Lipinski definition) is 12. The number of nitrogens with one attached hydrogen (secondary N) is 3. The minimum atomic E-state index is -1.36. The van der Waals surface area contributed by atoms with E-state index in [1.165, 1.54) is 54.4 Å². The van der Waals surface area contributed by atoms with Gasteiger partial charge in [0.25, 0.3) is 0 Å². The standard InChI is InChI=1S/C54H78N6O6Si3/c1-10-67(11-2,12-3)40-22-19-37-64-49(61)43-25-31-46(32-26-43)55-52-58-53(56-47-33-27-44(28-34-47)50(62)65-38-20-23-41-68(13-4,14-5)15-6)60-54(59-52)57-48-35-29-45(30-36-48)51(63)66-39-21-24-42-69(16-7,17-8)18-9/h22-36,40-42H,10-21,37-39H2,1-9H3,(H3,55,56,57,58,59,60). The molecule has 0 bridgehead atoms. The minimum absolute atomic E-state index is 0.222. The summed E-state index contributed by atoms with van der Waals surface area (Å²) in [4.78, 5) is 52.6. The summed E-state index contributed by atoms with van der Waals surface area (Å²) >= 11 is 0. The highest BCUT2D eigenvalue weighted by Gasteiger charge is 2.24. The molecule has 4 aromatic rings. The molecule has 4 rings (SSSR count). The predicted molar refractivity (Wildman–Crippen MR) is 293 cm³/mol. The van der Waals surface area contributed by atoms with Crippen LogP contribution in [-0.2, 0) is 14.2 Å². The lowest BCUT2D eigenvalue weighted by Gasteiger charge is -2.23. The van der Waals surface area contributed by atoms with Gasteiger partial charge in [-0.1, -0.05) is 152 Å². The van der Waals surface area contributed by atoms with Gasteiger partial charge in [-0.15, -0.1) is 0 Å². The van der Waals surface area contributed by atoms with Gasteiger partial charge < -0.3 is 30.2 Å². The van der Waals surface area contributed by atoms with Gasteiger partial charge in [0.2, 0.25) is 17.8 Å². The number of nitrogens with zero attached hydrogens (tertiary/aromatic N) is 3. The summed E-state index contributed by atoms with van der Waals surface area (Å²) in [5, 5.41) is 9.68. The highest BCUT2D eigenvalue weighted by molar-refractivity contribution is 6.85. The van der Waals surface area contributed by atoms with Crippen molar-refractivity contribution in [2.45, 2.75) is 136 Å². The molecule has 1 heterocycles. The van der Waals surface area contributed by atoms with Crippen LogP contribution in [-0.4, -0.2) is 76.9 Å². The van der Waals surface area contributed by atoms with Gasteiger partial charge in [-0.25, -0.2) is 14.4 Å². The number of esters is 3. The third kappa shape index (κ3) is 17.4. The molecule has 0 saturated carbocycles. The van der Waals surface area contributed by atoms with Crippen LogP contribution < -0.4 is 16.0 Å². The van der Waals surface area contributed by atoms with E-state index < -0.39 is 24.2 Å². The summed E-state index contributed by atoms with van der Waals surface area (Å²) in [7, 11) is -4.09. The summed E-state index contributed by atoms with van der Waals surface area (Å²) < 4.78 is 16.7. The molecule has 0 aliphatic carbocycles. The maximum Gasteiger partial charge on any atom is 0.338 e. The van der Waals surface area contributed by atoms with Gasteiger partial charge in [-0.3, -0.25) is 0 Å². The lowest BCUT2D eigenvalue weighted by molar-refractivity contribution is 0.0502. The van der Waals surface area contributed by atoms with Gasteiger partial charge in [0.05, 0.1) is 60.7 Å². The van der Waals surface area contributed by atoms with Crippen LogP contribution in [0, 0.1) is 0 Å². The number of rotatable bonds is 30. The Bertz CT molecular complexity index is 2000. The van der Waals surface area contributed by atoms with Crippen LogP contribution in [0.25, 0.3) is 0 Å². The first-order chi connectivity index (χ1) is 33.4. The quantitative estimate of drug-likeness (QED) is 0.0197. The van der Waals surface area contributed by atoms with E-state index >= 15 is 0 Å². The summed E-state index contributed by atoms with van der Waals surface area (Å²) in [6.45, 7) is 21.4. The number of ether oxygens (including phenoxy) is 3. The molecule has 3 aromatic carbocycles. The fraction of sp³-hybridized carbons (Fsp3) is 0.444. The Morgan fingerprint density at radius 1 is 0.391 bits per heavy atom. The van der Waals surface area contributed by atoms with Crippen molar-refractivity contribution < 1.29 is 28.6 Å². The average Bonchev–Trinajstić information content (AvgIpc) is 3.38. The van der Waals surface area contributed by atoms with Crippen LogP contribution in [0.2, 0.25) is 54.4 Å². The molecule has 0 fully saturated rings. The molecule has 0 radical (unpaired) electrons. The zero-order valence-electron chi connectivity index (χ0n) is 42.8. The summed E-state index contributed by atoms with van der Waals surface area (Å²) in [6, 6.07) is 31.7. The second kappa shape index (κ2) is 28.7. The normalized spacial score (nSPS) is 12.1. The molecule has 0 aliphatic rings. The van der Waals surface area contributed by atoms with Crippen molar-refractivity contribution in [1.82, 2.24) is 15.0 Å². The van der Waals surface area contributed by atoms with E-state index in [4.69, 9.17) is 14.2 Å². The van der Waals surface area contributed by atoms with Gasteiger partial charge in [0.15, 0.2) is 0 Å². The third-order valence-electron chi connectivity index (χ3n) is 14.1. The molecule has 0 amide bonds. The van der Waals surface area contributed by atoms with Crippen LogP contribution in [0.4, 0.5) is 34.9 Å². The summed E-state index contributed by atoms with van der Waals surface area (Å²) in [5.41, 5.74) is 10.4. The Hall–Kier alpha value is -5.65. The molecule has 1 aromatic heterocycles. The van der Waals surface area contributed by atoms with Crippen molar-refractivity contribution in [2.75, 3.05) is 35.8 Å². The number of aromatic nitrogens is 3. The first-order valence-electron chi connectivity index (χ1n) is 25.3. The van der Waals surface area contributed by atoms with Crippen molar-refractivity contribution in [2.24, 2.45) is 0 Å². The number of carbonyl (C=O) groups excluding carboxylic acids is 3. The topological polar surface area (TPSA) is 154 Å². The van der Waals surface area contributed by atoms with E-state index in [1.54, 1.807) is 72.8 Å². The molecular formula is C54H78N6O6Si3. The maximum absolute atomic E-state index is 12.9. The molecule has 15 heteroatoms. The van der Waals surface area contributed by atoms with E-state index in [-0.39, 0.29) is 35.8 Å². The average molecular weight is 992 g/mol. The van der Waals surface area contributed by atoms with Gasteiger partial charge in [-0.05, 0) is 92.1 Å².